The second-order valence-electron chi connectivity index (χ2n) is 12.1. The number of Topliss-reactive ketones (excluding diaryl/α,β-unsaturated/α-hetero) is 1. The van der Waals surface area contributed by atoms with Crippen molar-refractivity contribution in [2.24, 2.45) is 34.0 Å². The Kier molecular flexibility index (Phi) is 7.27. The first-order valence-corrected chi connectivity index (χ1v) is 14.6. The number of aliphatic hydroxyl groups excluding tert-OH is 1. The maximum atomic E-state index is 13.4. The van der Waals surface area contributed by atoms with E-state index in [1.807, 2.05) is 27.7 Å². The number of aliphatic hydroxyl groups is 1. The molecule has 8 atom stereocenters. The molecule has 4 rings (SSSR count). The van der Waals surface area contributed by atoms with Crippen LogP contribution in [0.5, 0.6) is 0 Å². The van der Waals surface area contributed by atoms with Gasteiger partial charge < -0.3 is 9.84 Å². The highest BCUT2D eigenvalue weighted by Gasteiger charge is 2.68. The van der Waals surface area contributed by atoms with Crippen LogP contribution in [-0.2, 0) is 28.6 Å². The van der Waals surface area contributed by atoms with Gasteiger partial charge in [-0.15, -0.1) is 6.58 Å². The largest absolute Gasteiger partial charge is 0.460 e. The summed E-state index contributed by atoms with van der Waals surface area (Å²) >= 11 is 0. The van der Waals surface area contributed by atoms with Gasteiger partial charge in [0.15, 0.2) is 6.61 Å². The maximum Gasteiger partial charge on any atom is 0.333 e. The normalized spacial score (nSPS) is 39.8. The van der Waals surface area contributed by atoms with Crippen molar-refractivity contribution in [3.8, 4) is 0 Å². The summed E-state index contributed by atoms with van der Waals surface area (Å²) in [4.78, 5) is 26.5. The number of benzene rings is 1. The van der Waals surface area contributed by atoms with E-state index in [4.69, 9.17) is 8.92 Å². The van der Waals surface area contributed by atoms with Crippen LogP contribution < -0.4 is 0 Å². The predicted molar refractivity (Wildman–Crippen MR) is 139 cm³/mol. The van der Waals surface area contributed by atoms with Gasteiger partial charge in [-0.25, -0.2) is 4.79 Å². The fourth-order valence-corrected chi connectivity index (χ4v) is 8.45. The van der Waals surface area contributed by atoms with Crippen molar-refractivity contribution in [3.05, 3.63) is 42.5 Å². The van der Waals surface area contributed by atoms with Crippen LogP contribution in [0.2, 0.25) is 0 Å². The second-order valence-corrected chi connectivity index (χ2v) is 13.7. The summed E-state index contributed by atoms with van der Waals surface area (Å²) < 4.78 is 36.3. The van der Waals surface area contributed by atoms with Crippen LogP contribution in [-0.4, -0.2) is 44.1 Å². The minimum absolute atomic E-state index is 0.0394. The summed E-state index contributed by atoms with van der Waals surface area (Å²) in [5.41, 5.74) is -0.910. The molecule has 3 aliphatic carbocycles. The molecule has 37 heavy (non-hydrogen) atoms. The highest BCUT2D eigenvalue weighted by molar-refractivity contribution is 7.86. The lowest BCUT2D eigenvalue weighted by atomic mass is 9.44. The molecule has 3 fully saturated rings. The monoisotopic (exact) mass is 532 g/mol. The van der Waals surface area contributed by atoms with Crippen molar-refractivity contribution in [3.63, 3.8) is 0 Å². The zero-order valence-electron chi connectivity index (χ0n) is 22.5. The SMILES string of the molecule is C=C[C@]1(C)C[C@@H](OC(=O)COS(=O)(=O)c2ccc(C)cc2)[C@@]2(C)[C@@H]3C(=O)CC[C@@]3(CC[C@@H]2C)[C@@H](C)[C@@H]1O. The Morgan fingerprint density at radius 2 is 1.84 bits per heavy atom. The third-order valence-corrected chi connectivity index (χ3v) is 11.5. The number of ketones is 1. The molecule has 0 amide bonds. The number of hydrogen-bond donors (Lipinski definition) is 1. The Labute approximate surface area is 220 Å². The lowest BCUT2D eigenvalue weighted by molar-refractivity contribution is -0.207. The molecule has 0 aromatic heterocycles. The Morgan fingerprint density at radius 1 is 1.19 bits per heavy atom. The summed E-state index contributed by atoms with van der Waals surface area (Å²) in [6, 6.07) is 6.17. The molecule has 0 unspecified atom stereocenters. The van der Waals surface area contributed by atoms with Gasteiger partial charge in [-0.05, 0) is 62.0 Å². The highest BCUT2D eigenvalue weighted by atomic mass is 32.2. The standard InChI is InChI=1S/C29H40O7S/c1-7-27(5)16-23(36-24(31)17-35-37(33,34)21-10-8-18(2)9-11-21)28(6)19(3)12-14-29(20(4)26(27)32)15-13-22(30)25(28)29/h7-11,19-20,23,25-26,32H,1,12-17H2,2-6H3/t19-,20-,23+,25-,26-,27+,28-,29-/m0/s1. The molecule has 1 N–H and O–H groups in total. The van der Waals surface area contributed by atoms with Gasteiger partial charge in [0, 0.05) is 23.2 Å². The summed E-state index contributed by atoms with van der Waals surface area (Å²) in [5, 5.41) is 11.6. The summed E-state index contributed by atoms with van der Waals surface area (Å²) in [5.74, 6) is -1.05. The van der Waals surface area contributed by atoms with Crippen LogP contribution >= 0.6 is 0 Å². The van der Waals surface area contributed by atoms with Crippen molar-refractivity contribution >= 4 is 21.9 Å². The van der Waals surface area contributed by atoms with E-state index in [0.29, 0.717) is 12.8 Å². The quantitative estimate of drug-likeness (QED) is 0.324. The van der Waals surface area contributed by atoms with Crippen molar-refractivity contribution in [1.82, 2.24) is 0 Å². The number of rotatable bonds is 6. The first-order valence-electron chi connectivity index (χ1n) is 13.2. The first kappa shape index (κ1) is 28.0. The molecule has 2 bridgehead atoms. The average molecular weight is 533 g/mol. The van der Waals surface area contributed by atoms with Gasteiger partial charge in [-0.1, -0.05) is 51.5 Å². The van der Waals surface area contributed by atoms with Gasteiger partial charge in [-0.3, -0.25) is 8.98 Å². The predicted octanol–water partition coefficient (Wildman–Crippen LogP) is 4.61. The van der Waals surface area contributed by atoms with E-state index in [-0.39, 0.29) is 40.3 Å². The van der Waals surface area contributed by atoms with Gasteiger partial charge in [0.1, 0.15) is 11.9 Å². The minimum Gasteiger partial charge on any atom is -0.460 e. The zero-order chi connectivity index (χ0) is 27.4. The van der Waals surface area contributed by atoms with Crippen LogP contribution in [0, 0.1) is 40.9 Å². The first-order chi connectivity index (χ1) is 17.2. The number of carbonyl (C=O) groups is 2. The van der Waals surface area contributed by atoms with Gasteiger partial charge in [0.25, 0.3) is 10.1 Å². The summed E-state index contributed by atoms with van der Waals surface area (Å²) in [6.07, 6.45) is 3.37. The van der Waals surface area contributed by atoms with Crippen molar-refractivity contribution in [2.75, 3.05) is 6.61 Å². The van der Waals surface area contributed by atoms with Gasteiger partial charge in [0.05, 0.1) is 11.0 Å². The van der Waals surface area contributed by atoms with Crippen LogP contribution in [0.3, 0.4) is 0 Å². The topological polar surface area (TPSA) is 107 Å². The average Bonchev–Trinajstić information content (AvgIpc) is 3.21. The van der Waals surface area contributed by atoms with Crippen LogP contribution in [0.1, 0.15) is 65.4 Å². The zero-order valence-corrected chi connectivity index (χ0v) is 23.3. The molecule has 0 saturated heterocycles. The van der Waals surface area contributed by atoms with Gasteiger partial charge >= 0.3 is 5.97 Å². The smallest absolute Gasteiger partial charge is 0.333 e. The van der Waals surface area contributed by atoms with Gasteiger partial charge in [-0.2, -0.15) is 8.42 Å². The number of carbonyl (C=O) groups excluding carboxylic acids is 2. The fraction of sp³-hybridized carbons (Fsp3) is 0.655. The lowest BCUT2D eigenvalue weighted by Gasteiger charge is -2.61. The molecule has 7 nitrogen and oxygen atoms in total. The number of aryl methyl sites for hydroxylation is 1. The fourth-order valence-electron chi connectivity index (χ4n) is 7.59. The van der Waals surface area contributed by atoms with E-state index in [0.717, 1.165) is 18.4 Å². The Bertz CT molecular complexity index is 1180. The lowest BCUT2D eigenvalue weighted by Crippen LogP contribution is -2.63. The molecule has 204 valence electrons. The molecule has 3 aliphatic rings. The molecule has 0 spiro atoms. The maximum absolute atomic E-state index is 13.4. The van der Waals surface area contributed by atoms with E-state index < -0.39 is 45.7 Å². The third-order valence-electron chi connectivity index (χ3n) is 10.2. The van der Waals surface area contributed by atoms with Crippen LogP contribution in [0.25, 0.3) is 0 Å². The molecule has 3 saturated carbocycles. The van der Waals surface area contributed by atoms with Crippen LogP contribution in [0.4, 0.5) is 0 Å². The highest BCUT2D eigenvalue weighted by Crippen LogP contribution is 2.68. The van der Waals surface area contributed by atoms with Crippen molar-refractivity contribution in [2.45, 2.75) is 83.8 Å². The molecule has 0 heterocycles. The van der Waals surface area contributed by atoms with Crippen molar-refractivity contribution in [1.29, 1.82) is 0 Å². The number of ether oxygens (including phenoxy) is 1. The molecule has 0 radical (unpaired) electrons. The molecular formula is C29H40O7S. The molecular weight excluding hydrogens is 492 g/mol. The van der Waals surface area contributed by atoms with Crippen LogP contribution in [0.15, 0.2) is 41.8 Å². The third kappa shape index (κ3) is 4.49. The summed E-state index contributed by atoms with van der Waals surface area (Å²) in [7, 11) is -4.15. The van der Waals surface area contributed by atoms with E-state index in [9.17, 15) is 23.1 Å². The van der Waals surface area contributed by atoms with E-state index >= 15 is 0 Å². The van der Waals surface area contributed by atoms with Crippen molar-refractivity contribution < 1.29 is 32.0 Å². The molecule has 1 aromatic rings. The van der Waals surface area contributed by atoms with E-state index in [1.54, 1.807) is 18.2 Å². The molecule has 0 aliphatic heterocycles. The Morgan fingerprint density at radius 3 is 2.46 bits per heavy atom. The minimum atomic E-state index is -4.15. The van der Waals surface area contributed by atoms with E-state index in [1.165, 1.54) is 12.1 Å². The Hall–Kier alpha value is -2.03. The van der Waals surface area contributed by atoms with E-state index in [2.05, 4.69) is 13.5 Å². The summed E-state index contributed by atoms with van der Waals surface area (Å²) in [6.45, 7) is 13.2. The second kappa shape index (κ2) is 9.62. The molecule has 1 aromatic carbocycles. The molecule has 8 heteroatoms. The Balaban J connectivity index is 1.65. The number of esters is 1. The number of hydrogen-bond acceptors (Lipinski definition) is 7. The van der Waals surface area contributed by atoms with Gasteiger partial charge in [0.2, 0.25) is 0 Å².